The number of nitrogens with zero attached hydrogens (tertiary/aromatic N) is 6. The summed E-state index contributed by atoms with van der Waals surface area (Å²) in [5, 5.41) is 4.54. The molecule has 1 saturated heterocycles. The molecule has 2 aromatic rings. The highest BCUT2D eigenvalue weighted by Crippen LogP contribution is 2.24. The van der Waals surface area contributed by atoms with Crippen molar-refractivity contribution in [1.82, 2.24) is 24.0 Å². The van der Waals surface area contributed by atoms with Gasteiger partial charge >= 0.3 is 0 Å². The SMILES string of the molecule is CCN(CC)S(=O)(=O)c1c(C)nn(CN2CCN(c3ccccn3)CC2)c1C. The Hall–Kier alpha value is -1.97. The molecule has 0 saturated carbocycles. The van der Waals surface area contributed by atoms with Gasteiger partial charge < -0.3 is 4.90 Å². The molecule has 0 N–H and O–H groups in total. The molecule has 0 bridgehead atoms. The van der Waals surface area contributed by atoms with Crippen molar-refractivity contribution in [2.24, 2.45) is 0 Å². The molecule has 2 aromatic heterocycles. The van der Waals surface area contributed by atoms with Gasteiger partial charge in [-0.1, -0.05) is 19.9 Å². The van der Waals surface area contributed by atoms with Gasteiger partial charge in [0, 0.05) is 45.5 Å². The van der Waals surface area contributed by atoms with Gasteiger partial charge in [-0.25, -0.2) is 13.4 Å². The van der Waals surface area contributed by atoms with Crippen molar-refractivity contribution in [3.63, 3.8) is 0 Å². The van der Waals surface area contributed by atoms with Gasteiger partial charge in [-0.2, -0.15) is 9.40 Å². The summed E-state index contributed by atoms with van der Waals surface area (Å²) in [5.74, 6) is 1.00. The molecule has 3 heterocycles. The maximum atomic E-state index is 13.0. The highest BCUT2D eigenvalue weighted by molar-refractivity contribution is 7.89. The van der Waals surface area contributed by atoms with Crippen LogP contribution in [0.5, 0.6) is 0 Å². The second-order valence-corrected chi connectivity index (χ2v) is 8.90. The van der Waals surface area contributed by atoms with Gasteiger partial charge in [0.25, 0.3) is 0 Å². The molecule has 1 fully saturated rings. The van der Waals surface area contributed by atoms with Gasteiger partial charge in [-0.3, -0.25) is 9.58 Å². The minimum absolute atomic E-state index is 0.350. The van der Waals surface area contributed by atoms with Gasteiger partial charge in [0.05, 0.1) is 18.1 Å². The number of rotatable bonds is 7. The summed E-state index contributed by atoms with van der Waals surface area (Å²) in [6.07, 6.45) is 1.81. The monoisotopic (exact) mass is 406 g/mol. The maximum Gasteiger partial charge on any atom is 0.246 e. The Labute approximate surface area is 167 Å². The van der Waals surface area contributed by atoms with E-state index in [2.05, 4.69) is 19.9 Å². The quantitative estimate of drug-likeness (QED) is 0.697. The molecule has 9 heteroatoms. The Balaban J connectivity index is 1.71. The van der Waals surface area contributed by atoms with Crippen LogP contribution in [0.1, 0.15) is 25.2 Å². The van der Waals surface area contributed by atoms with E-state index < -0.39 is 10.0 Å². The van der Waals surface area contributed by atoms with Crippen molar-refractivity contribution in [2.45, 2.75) is 39.3 Å². The summed E-state index contributed by atoms with van der Waals surface area (Å²) in [4.78, 5) is 9.34. The van der Waals surface area contributed by atoms with E-state index in [9.17, 15) is 8.42 Å². The fourth-order valence-corrected chi connectivity index (χ4v) is 5.56. The first-order valence-electron chi connectivity index (χ1n) is 9.81. The van der Waals surface area contributed by atoms with Crippen LogP contribution in [0.25, 0.3) is 0 Å². The van der Waals surface area contributed by atoms with Gasteiger partial charge in [0.1, 0.15) is 10.7 Å². The molecule has 0 aliphatic carbocycles. The number of piperazine rings is 1. The van der Waals surface area contributed by atoms with Crippen LogP contribution >= 0.6 is 0 Å². The Morgan fingerprint density at radius 3 is 2.32 bits per heavy atom. The van der Waals surface area contributed by atoms with Crippen molar-refractivity contribution in [2.75, 3.05) is 44.2 Å². The van der Waals surface area contributed by atoms with E-state index in [-0.39, 0.29) is 0 Å². The first kappa shape index (κ1) is 20.8. The van der Waals surface area contributed by atoms with Crippen LogP contribution in [0.2, 0.25) is 0 Å². The molecule has 154 valence electrons. The van der Waals surface area contributed by atoms with E-state index >= 15 is 0 Å². The van der Waals surface area contributed by atoms with Gasteiger partial charge in [-0.05, 0) is 26.0 Å². The topological polar surface area (TPSA) is 74.6 Å². The summed E-state index contributed by atoms with van der Waals surface area (Å²) >= 11 is 0. The van der Waals surface area contributed by atoms with Crippen LogP contribution in [-0.4, -0.2) is 71.7 Å². The van der Waals surface area contributed by atoms with Crippen molar-refractivity contribution in [1.29, 1.82) is 0 Å². The number of sulfonamides is 1. The van der Waals surface area contributed by atoms with Crippen LogP contribution < -0.4 is 4.90 Å². The normalized spacial score (nSPS) is 16.1. The number of aryl methyl sites for hydroxylation is 1. The van der Waals surface area contributed by atoms with Crippen LogP contribution in [0.4, 0.5) is 5.82 Å². The third-order valence-corrected chi connectivity index (χ3v) is 7.60. The summed E-state index contributed by atoms with van der Waals surface area (Å²) in [7, 11) is -3.51. The fourth-order valence-electron chi connectivity index (χ4n) is 3.73. The minimum atomic E-state index is -3.51. The van der Waals surface area contributed by atoms with Crippen molar-refractivity contribution in [3.05, 3.63) is 35.8 Å². The molecule has 8 nitrogen and oxygen atoms in total. The number of hydrogen-bond donors (Lipinski definition) is 0. The zero-order valence-electron chi connectivity index (χ0n) is 17.2. The first-order chi connectivity index (χ1) is 13.4. The van der Waals surface area contributed by atoms with Gasteiger partial charge in [-0.15, -0.1) is 0 Å². The van der Waals surface area contributed by atoms with Crippen LogP contribution in [-0.2, 0) is 16.7 Å². The van der Waals surface area contributed by atoms with E-state index in [0.717, 1.165) is 32.0 Å². The molecule has 0 unspecified atom stereocenters. The minimum Gasteiger partial charge on any atom is -0.354 e. The Bertz CT molecular complexity index is 885. The summed E-state index contributed by atoms with van der Waals surface area (Å²) in [6.45, 7) is 12.4. The lowest BCUT2D eigenvalue weighted by molar-refractivity contribution is 0.193. The zero-order valence-corrected chi connectivity index (χ0v) is 18.0. The first-order valence-corrected chi connectivity index (χ1v) is 11.2. The average molecular weight is 407 g/mol. The molecule has 0 radical (unpaired) electrons. The predicted octanol–water partition coefficient (Wildman–Crippen LogP) is 1.71. The summed E-state index contributed by atoms with van der Waals surface area (Å²) in [6, 6.07) is 5.95. The van der Waals surface area contributed by atoms with Crippen molar-refractivity contribution < 1.29 is 8.42 Å². The van der Waals surface area contributed by atoms with E-state index in [1.807, 2.05) is 49.8 Å². The van der Waals surface area contributed by atoms with E-state index in [1.165, 1.54) is 4.31 Å². The molecule has 0 aromatic carbocycles. The molecule has 0 spiro atoms. The fraction of sp³-hybridized carbons (Fsp3) is 0.579. The molecule has 0 atom stereocenters. The Kier molecular flexibility index (Phi) is 6.36. The number of anilines is 1. The Morgan fingerprint density at radius 1 is 1.07 bits per heavy atom. The molecular weight excluding hydrogens is 376 g/mol. The van der Waals surface area contributed by atoms with Gasteiger partial charge in [0.15, 0.2) is 0 Å². The molecule has 0 amide bonds. The Morgan fingerprint density at radius 2 is 1.75 bits per heavy atom. The lowest BCUT2D eigenvalue weighted by Gasteiger charge is -2.35. The zero-order chi connectivity index (χ0) is 20.3. The second-order valence-electron chi connectivity index (χ2n) is 7.02. The molecule has 3 rings (SSSR count). The van der Waals surface area contributed by atoms with Crippen LogP contribution in [0.3, 0.4) is 0 Å². The molecule has 1 aliphatic heterocycles. The van der Waals surface area contributed by atoms with E-state index in [0.29, 0.717) is 36.0 Å². The van der Waals surface area contributed by atoms with E-state index in [4.69, 9.17) is 0 Å². The highest BCUT2D eigenvalue weighted by Gasteiger charge is 2.30. The molecule has 1 aliphatic rings. The number of hydrogen-bond acceptors (Lipinski definition) is 6. The smallest absolute Gasteiger partial charge is 0.246 e. The largest absolute Gasteiger partial charge is 0.354 e. The van der Waals surface area contributed by atoms with Gasteiger partial charge in [0.2, 0.25) is 10.0 Å². The lowest BCUT2D eigenvalue weighted by atomic mass is 10.3. The predicted molar refractivity (Wildman–Crippen MR) is 110 cm³/mol. The average Bonchev–Trinajstić information content (AvgIpc) is 2.97. The van der Waals surface area contributed by atoms with Crippen LogP contribution in [0, 0.1) is 13.8 Å². The molecular formula is C19H30N6O2S. The van der Waals surface area contributed by atoms with Crippen LogP contribution in [0.15, 0.2) is 29.3 Å². The number of aromatic nitrogens is 3. The molecule has 28 heavy (non-hydrogen) atoms. The maximum absolute atomic E-state index is 13.0. The van der Waals surface area contributed by atoms with E-state index in [1.54, 1.807) is 6.92 Å². The third kappa shape index (κ3) is 4.06. The standard InChI is InChI=1S/C19H30N6O2S/c1-5-24(6-2)28(26,27)19-16(3)21-25(17(19)4)15-22-11-13-23(14-12-22)18-9-7-8-10-20-18/h7-10H,5-6,11-15H2,1-4H3. The summed E-state index contributed by atoms with van der Waals surface area (Å²) < 4.78 is 29.3. The highest BCUT2D eigenvalue weighted by atomic mass is 32.2. The number of pyridine rings is 1. The second kappa shape index (κ2) is 8.59. The van der Waals surface area contributed by atoms with Crippen molar-refractivity contribution in [3.8, 4) is 0 Å². The third-order valence-electron chi connectivity index (χ3n) is 5.30. The summed E-state index contributed by atoms with van der Waals surface area (Å²) in [5.41, 5.74) is 1.27. The van der Waals surface area contributed by atoms with Crippen molar-refractivity contribution >= 4 is 15.8 Å². The lowest BCUT2D eigenvalue weighted by Crippen LogP contribution is -2.47.